The lowest BCUT2D eigenvalue weighted by Gasteiger charge is -2.21. The largest absolute Gasteiger partial charge is 0.375 e. The molecular formula is C13H27F2NO2. The Morgan fingerprint density at radius 1 is 1.00 bits per heavy atom. The minimum absolute atomic E-state index is 0.0231. The summed E-state index contributed by atoms with van der Waals surface area (Å²) in [5.74, 6) is 0. The van der Waals surface area contributed by atoms with Gasteiger partial charge in [0, 0.05) is 12.6 Å². The molecule has 0 amide bonds. The Kier molecular flexibility index (Phi) is 8.65. The number of hydrogen-bond acceptors (Lipinski definition) is 3. The molecule has 0 saturated heterocycles. The van der Waals surface area contributed by atoms with Gasteiger partial charge in [0.1, 0.15) is 12.3 Å². The summed E-state index contributed by atoms with van der Waals surface area (Å²) in [6.07, 6.45) is -2.32. The lowest BCUT2D eigenvalue weighted by molar-refractivity contribution is -0.0511. The van der Waals surface area contributed by atoms with Crippen molar-refractivity contribution < 1.29 is 18.3 Å². The number of hydrogen-bond donors (Lipinski definition) is 1. The fourth-order valence-electron chi connectivity index (χ4n) is 1.13. The highest BCUT2D eigenvalue weighted by molar-refractivity contribution is 4.64. The summed E-state index contributed by atoms with van der Waals surface area (Å²) >= 11 is 0. The highest BCUT2D eigenvalue weighted by atomic mass is 19.1. The SMILES string of the molecule is CC(C)NCC(F)COCC(F)COC(C)(C)C. The van der Waals surface area contributed by atoms with Gasteiger partial charge < -0.3 is 14.8 Å². The molecule has 110 valence electrons. The smallest absolute Gasteiger partial charge is 0.147 e. The molecule has 0 aliphatic rings. The van der Waals surface area contributed by atoms with E-state index in [4.69, 9.17) is 9.47 Å². The summed E-state index contributed by atoms with van der Waals surface area (Å²) < 4.78 is 36.8. The molecule has 0 rings (SSSR count). The van der Waals surface area contributed by atoms with E-state index in [9.17, 15) is 8.78 Å². The number of alkyl halides is 2. The van der Waals surface area contributed by atoms with Crippen LogP contribution >= 0.6 is 0 Å². The average molecular weight is 267 g/mol. The molecule has 0 radical (unpaired) electrons. The second-order valence-corrected chi connectivity index (χ2v) is 5.72. The Bertz CT molecular complexity index is 208. The van der Waals surface area contributed by atoms with Crippen molar-refractivity contribution in [1.29, 1.82) is 0 Å². The van der Waals surface area contributed by atoms with E-state index in [1.165, 1.54) is 0 Å². The lowest BCUT2D eigenvalue weighted by atomic mass is 10.2. The molecule has 3 nitrogen and oxygen atoms in total. The Hall–Kier alpha value is -0.260. The van der Waals surface area contributed by atoms with Gasteiger partial charge in [0.05, 0.1) is 25.4 Å². The Morgan fingerprint density at radius 2 is 1.56 bits per heavy atom. The van der Waals surface area contributed by atoms with Crippen molar-refractivity contribution in [2.45, 2.75) is 58.6 Å². The van der Waals surface area contributed by atoms with Crippen LogP contribution in [0.4, 0.5) is 8.78 Å². The van der Waals surface area contributed by atoms with Gasteiger partial charge in [-0.15, -0.1) is 0 Å². The van der Waals surface area contributed by atoms with Crippen molar-refractivity contribution in [2.75, 3.05) is 26.4 Å². The molecule has 0 aliphatic heterocycles. The Labute approximate surface area is 109 Å². The van der Waals surface area contributed by atoms with Crippen molar-refractivity contribution in [3.05, 3.63) is 0 Å². The molecule has 0 fully saturated rings. The average Bonchev–Trinajstić information content (AvgIpc) is 2.22. The Morgan fingerprint density at radius 3 is 2.06 bits per heavy atom. The van der Waals surface area contributed by atoms with Crippen molar-refractivity contribution in [3.63, 3.8) is 0 Å². The molecule has 0 bridgehead atoms. The molecule has 1 N–H and O–H groups in total. The maximum atomic E-state index is 13.3. The number of nitrogens with one attached hydrogen (secondary N) is 1. The van der Waals surface area contributed by atoms with Gasteiger partial charge in [-0.25, -0.2) is 8.78 Å². The van der Waals surface area contributed by atoms with E-state index in [0.717, 1.165) is 0 Å². The van der Waals surface area contributed by atoms with E-state index >= 15 is 0 Å². The summed E-state index contributed by atoms with van der Waals surface area (Å²) in [7, 11) is 0. The van der Waals surface area contributed by atoms with Gasteiger partial charge in [-0.05, 0) is 20.8 Å². The first kappa shape index (κ1) is 17.7. The lowest BCUT2D eigenvalue weighted by Crippen LogP contribution is -2.33. The van der Waals surface area contributed by atoms with E-state index in [1.54, 1.807) is 0 Å². The molecule has 0 saturated carbocycles. The summed E-state index contributed by atoms with van der Waals surface area (Å²) in [5, 5.41) is 2.95. The third-order valence-electron chi connectivity index (χ3n) is 2.04. The second kappa shape index (κ2) is 8.77. The van der Waals surface area contributed by atoms with Gasteiger partial charge in [0.15, 0.2) is 0 Å². The van der Waals surface area contributed by atoms with E-state index in [0.29, 0.717) is 0 Å². The van der Waals surface area contributed by atoms with E-state index in [-0.39, 0.29) is 38.0 Å². The first-order chi connectivity index (χ1) is 8.20. The van der Waals surface area contributed by atoms with Gasteiger partial charge in [-0.3, -0.25) is 0 Å². The predicted molar refractivity (Wildman–Crippen MR) is 69.5 cm³/mol. The molecule has 2 unspecified atom stereocenters. The molecule has 0 aromatic rings. The van der Waals surface area contributed by atoms with Crippen LogP contribution in [0.15, 0.2) is 0 Å². The van der Waals surface area contributed by atoms with Crippen molar-refractivity contribution in [2.24, 2.45) is 0 Å². The molecule has 0 aromatic carbocycles. The number of rotatable bonds is 9. The standard InChI is InChI=1S/C13H27F2NO2/c1-10(2)16-6-11(14)7-17-8-12(15)9-18-13(3,4)5/h10-12,16H,6-9H2,1-5H3. The van der Waals surface area contributed by atoms with Crippen LogP contribution in [0.25, 0.3) is 0 Å². The summed E-state index contributed by atoms with van der Waals surface area (Å²) in [6, 6.07) is 0.234. The van der Waals surface area contributed by atoms with Crippen LogP contribution in [0.1, 0.15) is 34.6 Å². The summed E-state index contributed by atoms with van der Waals surface area (Å²) in [5.41, 5.74) is -0.367. The fourth-order valence-corrected chi connectivity index (χ4v) is 1.13. The van der Waals surface area contributed by atoms with Crippen LogP contribution in [0, 0.1) is 0 Å². The van der Waals surface area contributed by atoms with Crippen LogP contribution in [-0.4, -0.2) is 50.4 Å². The normalized spacial score (nSPS) is 16.0. The molecule has 0 aromatic heterocycles. The van der Waals surface area contributed by atoms with Crippen molar-refractivity contribution in [3.8, 4) is 0 Å². The third-order valence-corrected chi connectivity index (χ3v) is 2.04. The summed E-state index contributed by atoms with van der Waals surface area (Å²) in [4.78, 5) is 0. The topological polar surface area (TPSA) is 30.5 Å². The van der Waals surface area contributed by atoms with E-state index in [1.807, 2.05) is 34.6 Å². The molecule has 2 atom stereocenters. The highest BCUT2D eigenvalue weighted by Crippen LogP contribution is 2.08. The quantitative estimate of drug-likeness (QED) is 0.696. The van der Waals surface area contributed by atoms with E-state index in [2.05, 4.69) is 5.32 Å². The maximum Gasteiger partial charge on any atom is 0.147 e. The minimum Gasteiger partial charge on any atom is -0.375 e. The van der Waals surface area contributed by atoms with Gasteiger partial charge >= 0.3 is 0 Å². The molecule has 0 heterocycles. The molecule has 5 heteroatoms. The zero-order chi connectivity index (χ0) is 14.2. The number of halogens is 2. The van der Waals surface area contributed by atoms with Gasteiger partial charge in [-0.2, -0.15) is 0 Å². The zero-order valence-electron chi connectivity index (χ0n) is 12.1. The third kappa shape index (κ3) is 12.2. The van der Waals surface area contributed by atoms with Gasteiger partial charge in [-0.1, -0.05) is 13.8 Å². The monoisotopic (exact) mass is 267 g/mol. The van der Waals surface area contributed by atoms with Crippen molar-refractivity contribution >= 4 is 0 Å². The first-order valence-corrected chi connectivity index (χ1v) is 6.44. The van der Waals surface area contributed by atoms with Gasteiger partial charge in [0.2, 0.25) is 0 Å². The predicted octanol–water partition coefficient (Wildman–Crippen LogP) is 2.49. The van der Waals surface area contributed by atoms with Gasteiger partial charge in [0.25, 0.3) is 0 Å². The number of ether oxygens (including phenoxy) is 2. The van der Waals surface area contributed by atoms with Crippen LogP contribution in [0.2, 0.25) is 0 Å². The van der Waals surface area contributed by atoms with Crippen LogP contribution < -0.4 is 5.32 Å². The zero-order valence-corrected chi connectivity index (χ0v) is 12.1. The minimum atomic E-state index is -1.21. The molecular weight excluding hydrogens is 240 g/mol. The van der Waals surface area contributed by atoms with E-state index < -0.39 is 12.3 Å². The maximum absolute atomic E-state index is 13.3. The fraction of sp³-hybridized carbons (Fsp3) is 1.00. The molecule has 18 heavy (non-hydrogen) atoms. The summed E-state index contributed by atoms with van der Waals surface area (Å²) in [6.45, 7) is 9.44. The second-order valence-electron chi connectivity index (χ2n) is 5.72. The van der Waals surface area contributed by atoms with Crippen LogP contribution in [0.3, 0.4) is 0 Å². The van der Waals surface area contributed by atoms with Crippen molar-refractivity contribution in [1.82, 2.24) is 5.32 Å². The first-order valence-electron chi connectivity index (χ1n) is 6.44. The highest BCUT2D eigenvalue weighted by Gasteiger charge is 2.15. The van der Waals surface area contributed by atoms with Crippen LogP contribution in [-0.2, 0) is 9.47 Å². The molecule has 0 aliphatic carbocycles. The Balaban J connectivity index is 3.52. The molecule has 0 spiro atoms. The van der Waals surface area contributed by atoms with Crippen LogP contribution in [0.5, 0.6) is 0 Å².